The first-order chi connectivity index (χ1) is 5.41. The van der Waals surface area contributed by atoms with E-state index in [0.29, 0.717) is 17.3 Å². The van der Waals surface area contributed by atoms with Crippen molar-refractivity contribution >= 4 is 11.9 Å². The summed E-state index contributed by atoms with van der Waals surface area (Å²) in [5.74, 6) is -0.788. The molecule has 1 rings (SSSR count). The van der Waals surface area contributed by atoms with E-state index in [1.165, 1.54) is 0 Å². The van der Waals surface area contributed by atoms with Crippen molar-refractivity contribution in [2.45, 2.75) is 18.9 Å². The van der Waals surface area contributed by atoms with Crippen LogP contribution in [0.1, 0.15) is 12.8 Å². The monoisotopic (exact) mass is 172 g/mol. The Hall–Kier alpha value is -0.900. The maximum absolute atomic E-state index is 11.2. The van der Waals surface area contributed by atoms with Crippen LogP contribution in [-0.2, 0) is 14.3 Å². The van der Waals surface area contributed by atoms with E-state index in [0.717, 1.165) is 0 Å². The van der Waals surface area contributed by atoms with E-state index >= 15 is 0 Å². The largest absolute Gasteiger partial charge is 0.389 e. The predicted octanol–water partition coefficient (Wildman–Crippen LogP) is -0.0752. The number of quaternary nitrogens is 1. The molecule has 0 spiro atoms. The molecule has 0 saturated carbocycles. The predicted molar refractivity (Wildman–Crippen MR) is 42.2 cm³/mol. The lowest BCUT2D eigenvalue weighted by Crippen LogP contribution is -2.52. The molecule has 4 nitrogen and oxygen atoms in total. The topological polar surface area (TPSA) is 43.4 Å². The minimum atomic E-state index is -0.398. The van der Waals surface area contributed by atoms with Gasteiger partial charge in [-0.05, 0) is 0 Å². The Kier molecular flexibility index (Phi) is 2.19. The molecule has 1 saturated heterocycles. The summed E-state index contributed by atoms with van der Waals surface area (Å²) in [5, 5.41) is 0. The summed E-state index contributed by atoms with van der Waals surface area (Å²) >= 11 is 0. The number of rotatable bonds is 1. The molecule has 0 N–H and O–H groups in total. The number of likely N-dealkylation sites (N-methyl/N-ethyl adjacent to an activating group) is 1. The standard InChI is InChI=1S/C8H14NO3/c1-9(2,3)6-4-5-7(10)12-8(6)11/h6H,4-5H2,1-3H3/q+1/t6-/m0/s1. The average molecular weight is 172 g/mol. The summed E-state index contributed by atoms with van der Waals surface area (Å²) in [5.41, 5.74) is 0. The maximum Gasteiger partial charge on any atom is 0.372 e. The molecule has 1 heterocycles. The second-order valence-electron chi connectivity index (χ2n) is 3.96. The zero-order valence-corrected chi connectivity index (χ0v) is 7.66. The van der Waals surface area contributed by atoms with Gasteiger partial charge in [-0.2, -0.15) is 0 Å². The molecule has 0 unspecified atom stereocenters. The van der Waals surface area contributed by atoms with Crippen LogP contribution in [0.25, 0.3) is 0 Å². The molecule has 0 bridgehead atoms. The number of ether oxygens (including phenoxy) is 1. The van der Waals surface area contributed by atoms with Gasteiger partial charge in [0.2, 0.25) is 0 Å². The van der Waals surface area contributed by atoms with Gasteiger partial charge in [-0.15, -0.1) is 0 Å². The summed E-state index contributed by atoms with van der Waals surface area (Å²) in [6.45, 7) is 0. The van der Waals surface area contributed by atoms with Crippen molar-refractivity contribution in [2.24, 2.45) is 0 Å². The molecule has 0 aliphatic carbocycles. The lowest BCUT2D eigenvalue weighted by Gasteiger charge is -2.33. The number of hydrogen-bond donors (Lipinski definition) is 0. The van der Waals surface area contributed by atoms with Crippen LogP contribution >= 0.6 is 0 Å². The second-order valence-corrected chi connectivity index (χ2v) is 3.96. The lowest BCUT2D eigenvalue weighted by molar-refractivity contribution is -0.887. The van der Waals surface area contributed by atoms with Crippen LogP contribution in [0.15, 0.2) is 0 Å². The normalized spacial score (nSPS) is 25.4. The first-order valence-corrected chi connectivity index (χ1v) is 3.97. The molecule has 0 radical (unpaired) electrons. The second kappa shape index (κ2) is 2.86. The Balaban J connectivity index is 2.69. The quantitative estimate of drug-likeness (QED) is 0.316. The summed E-state index contributed by atoms with van der Waals surface area (Å²) in [7, 11) is 5.76. The van der Waals surface area contributed by atoms with Crippen LogP contribution in [0.5, 0.6) is 0 Å². The van der Waals surface area contributed by atoms with Gasteiger partial charge in [-0.25, -0.2) is 4.79 Å². The molecule has 1 aliphatic rings. The van der Waals surface area contributed by atoms with E-state index in [2.05, 4.69) is 4.74 Å². The molecule has 0 aromatic rings. The SMILES string of the molecule is C[N+](C)(C)[C@H]1CCC(=O)OC1=O. The molecule has 0 aromatic heterocycles. The van der Waals surface area contributed by atoms with Crippen molar-refractivity contribution in [3.8, 4) is 0 Å². The van der Waals surface area contributed by atoms with E-state index in [-0.39, 0.29) is 6.04 Å². The highest BCUT2D eigenvalue weighted by Crippen LogP contribution is 2.17. The molecule has 1 aliphatic heterocycles. The van der Waals surface area contributed by atoms with Crippen molar-refractivity contribution in [3.63, 3.8) is 0 Å². The van der Waals surface area contributed by atoms with Gasteiger partial charge in [0.05, 0.1) is 27.6 Å². The molecule has 1 atom stereocenters. The number of cyclic esters (lactones) is 2. The number of nitrogens with zero attached hydrogens (tertiary/aromatic N) is 1. The van der Waals surface area contributed by atoms with Gasteiger partial charge < -0.3 is 9.22 Å². The van der Waals surface area contributed by atoms with Gasteiger partial charge in [-0.1, -0.05) is 0 Å². The zero-order valence-electron chi connectivity index (χ0n) is 7.66. The highest BCUT2D eigenvalue weighted by molar-refractivity contribution is 5.90. The molecular weight excluding hydrogens is 158 g/mol. The van der Waals surface area contributed by atoms with Gasteiger partial charge >= 0.3 is 11.9 Å². The molecule has 0 aromatic carbocycles. The summed E-state index contributed by atoms with van der Waals surface area (Å²) in [6, 6.07) is -0.192. The molecule has 1 fully saturated rings. The number of carbonyl (C=O) groups is 2. The van der Waals surface area contributed by atoms with Gasteiger partial charge in [0.25, 0.3) is 0 Å². The average Bonchev–Trinajstić information content (AvgIpc) is 1.83. The maximum atomic E-state index is 11.2. The van der Waals surface area contributed by atoms with Gasteiger partial charge in [0.1, 0.15) is 0 Å². The molecule has 4 heteroatoms. The smallest absolute Gasteiger partial charge is 0.372 e. The van der Waals surface area contributed by atoms with Crippen LogP contribution in [-0.4, -0.2) is 43.6 Å². The Morgan fingerprint density at radius 1 is 1.33 bits per heavy atom. The van der Waals surface area contributed by atoms with Crippen LogP contribution < -0.4 is 0 Å². The lowest BCUT2D eigenvalue weighted by atomic mass is 10.1. The third kappa shape index (κ3) is 1.82. The van der Waals surface area contributed by atoms with E-state index in [1.807, 2.05) is 21.1 Å². The highest BCUT2D eigenvalue weighted by Gasteiger charge is 2.38. The highest BCUT2D eigenvalue weighted by atomic mass is 16.6. The molecular formula is C8H14NO3+. The van der Waals surface area contributed by atoms with Crippen molar-refractivity contribution in [3.05, 3.63) is 0 Å². The minimum absolute atomic E-state index is 0.192. The molecule has 68 valence electrons. The van der Waals surface area contributed by atoms with E-state index < -0.39 is 11.9 Å². The summed E-state index contributed by atoms with van der Waals surface area (Å²) < 4.78 is 5.05. The van der Waals surface area contributed by atoms with Crippen LogP contribution in [0.2, 0.25) is 0 Å². The number of hydrogen-bond acceptors (Lipinski definition) is 3. The third-order valence-electron chi connectivity index (χ3n) is 2.04. The van der Waals surface area contributed by atoms with E-state index in [9.17, 15) is 9.59 Å². The van der Waals surface area contributed by atoms with Crippen LogP contribution in [0.3, 0.4) is 0 Å². The Morgan fingerprint density at radius 2 is 1.92 bits per heavy atom. The van der Waals surface area contributed by atoms with E-state index in [4.69, 9.17) is 0 Å². The van der Waals surface area contributed by atoms with Crippen molar-refractivity contribution in [1.82, 2.24) is 0 Å². The Morgan fingerprint density at radius 3 is 2.33 bits per heavy atom. The van der Waals surface area contributed by atoms with E-state index in [1.54, 1.807) is 0 Å². The third-order valence-corrected chi connectivity index (χ3v) is 2.04. The van der Waals surface area contributed by atoms with Crippen LogP contribution in [0.4, 0.5) is 0 Å². The van der Waals surface area contributed by atoms with Gasteiger partial charge in [0, 0.05) is 6.42 Å². The molecule has 0 amide bonds. The minimum Gasteiger partial charge on any atom is -0.389 e. The van der Waals surface area contributed by atoms with Crippen molar-refractivity contribution < 1.29 is 18.8 Å². The summed E-state index contributed by atoms with van der Waals surface area (Å²) in [6.07, 6.45) is 0.951. The fourth-order valence-corrected chi connectivity index (χ4v) is 1.31. The fraction of sp³-hybridized carbons (Fsp3) is 0.750. The summed E-state index contributed by atoms with van der Waals surface area (Å²) in [4.78, 5) is 21.9. The van der Waals surface area contributed by atoms with Crippen molar-refractivity contribution in [1.29, 1.82) is 0 Å². The Bertz CT molecular complexity index is 217. The van der Waals surface area contributed by atoms with Crippen molar-refractivity contribution in [2.75, 3.05) is 21.1 Å². The first-order valence-electron chi connectivity index (χ1n) is 3.97. The first kappa shape index (κ1) is 9.19. The zero-order chi connectivity index (χ0) is 9.35. The molecule has 12 heavy (non-hydrogen) atoms. The number of carbonyl (C=O) groups excluding carboxylic acids is 2. The van der Waals surface area contributed by atoms with Gasteiger partial charge in [0.15, 0.2) is 6.04 Å². The Labute approximate surface area is 71.7 Å². The fourth-order valence-electron chi connectivity index (χ4n) is 1.31. The van der Waals surface area contributed by atoms with Crippen LogP contribution in [0, 0.1) is 0 Å². The van der Waals surface area contributed by atoms with Gasteiger partial charge in [-0.3, -0.25) is 4.79 Å². The number of esters is 2.